The molecule has 2 heterocycles. The fourth-order valence-electron chi connectivity index (χ4n) is 1.92. The Bertz CT molecular complexity index is 799. The molecule has 0 spiro atoms. The zero-order chi connectivity index (χ0) is 15.5. The maximum absolute atomic E-state index is 12.1. The summed E-state index contributed by atoms with van der Waals surface area (Å²) in [5, 5.41) is 10.6. The van der Waals surface area contributed by atoms with Gasteiger partial charge in [0.25, 0.3) is 0 Å². The van der Waals surface area contributed by atoms with Crippen molar-refractivity contribution in [1.82, 2.24) is 14.8 Å². The van der Waals surface area contributed by atoms with Crippen LogP contribution in [0.25, 0.3) is 5.69 Å². The number of rotatable bonds is 3. The molecule has 0 radical (unpaired) electrons. The van der Waals surface area contributed by atoms with Gasteiger partial charge in [0.1, 0.15) is 10.8 Å². The molecule has 0 atom stereocenters. The third-order valence-electron chi connectivity index (χ3n) is 2.79. The van der Waals surface area contributed by atoms with Gasteiger partial charge in [0.05, 0.1) is 17.6 Å². The van der Waals surface area contributed by atoms with E-state index in [1.807, 2.05) is 43.3 Å². The Morgan fingerprint density at radius 1 is 1.27 bits per heavy atom. The SMILES string of the molecule is Cc1cc(NC(=O)Nc2cnc(Br)s2)n(-c2ccccc2)n1. The number of amides is 2. The van der Waals surface area contributed by atoms with Gasteiger partial charge in [0.2, 0.25) is 0 Å². The van der Waals surface area contributed by atoms with E-state index in [-0.39, 0.29) is 6.03 Å². The molecule has 8 heteroatoms. The highest BCUT2D eigenvalue weighted by atomic mass is 79.9. The fourth-order valence-corrected chi connectivity index (χ4v) is 3.09. The van der Waals surface area contributed by atoms with Crippen LogP contribution in [0.4, 0.5) is 15.6 Å². The number of aromatic nitrogens is 3. The van der Waals surface area contributed by atoms with Gasteiger partial charge in [-0.25, -0.2) is 14.5 Å². The number of urea groups is 1. The topological polar surface area (TPSA) is 71.8 Å². The van der Waals surface area contributed by atoms with Gasteiger partial charge in [-0.2, -0.15) is 5.10 Å². The predicted molar refractivity (Wildman–Crippen MR) is 90.8 cm³/mol. The van der Waals surface area contributed by atoms with E-state index < -0.39 is 0 Å². The number of para-hydroxylation sites is 1. The quantitative estimate of drug-likeness (QED) is 0.723. The van der Waals surface area contributed by atoms with Crippen LogP contribution >= 0.6 is 27.3 Å². The van der Waals surface area contributed by atoms with E-state index in [0.717, 1.165) is 11.4 Å². The molecule has 0 saturated carbocycles. The lowest BCUT2D eigenvalue weighted by atomic mass is 10.3. The summed E-state index contributed by atoms with van der Waals surface area (Å²) >= 11 is 4.60. The van der Waals surface area contributed by atoms with Gasteiger partial charge < -0.3 is 0 Å². The lowest BCUT2D eigenvalue weighted by Gasteiger charge is -2.09. The van der Waals surface area contributed by atoms with Gasteiger partial charge in [-0.15, -0.1) is 0 Å². The molecule has 2 amide bonds. The Balaban J connectivity index is 1.79. The van der Waals surface area contributed by atoms with Crippen LogP contribution in [0.2, 0.25) is 0 Å². The van der Waals surface area contributed by atoms with Gasteiger partial charge in [-0.1, -0.05) is 29.5 Å². The van der Waals surface area contributed by atoms with Gasteiger partial charge in [-0.05, 0) is 35.0 Å². The first-order valence-electron chi connectivity index (χ1n) is 6.43. The molecule has 3 aromatic rings. The summed E-state index contributed by atoms with van der Waals surface area (Å²) in [5.41, 5.74) is 1.70. The molecule has 0 aliphatic heterocycles. The smallest absolute Gasteiger partial charge is 0.298 e. The maximum Gasteiger partial charge on any atom is 0.325 e. The highest BCUT2D eigenvalue weighted by Crippen LogP contribution is 2.23. The highest BCUT2D eigenvalue weighted by molar-refractivity contribution is 9.11. The number of thiazole rings is 1. The predicted octanol–water partition coefficient (Wildman–Crippen LogP) is 4.04. The molecule has 22 heavy (non-hydrogen) atoms. The minimum absolute atomic E-state index is 0.340. The van der Waals surface area contributed by atoms with E-state index in [2.05, 4.69) is 36.6 Å². The molecule has 0 bridgehead atoms. The first-order valence-corrected chi connectivity index (χ1v) is 8.04. The number of hydrogen-bond donors (Lipinski definition) is 2. The van der Waals surface area contributed by atoms with Crippen LogP contribution < -0.4 is 10.6 Å². The maximum atomic E-state index is 12.1. The summed E-state index contributed by atoms with van der Waals surface area (Å²) in [7, 11) is 0. The number of carbonyl (C=O) groups is 1. The normalized spacial score (nSPS) is 10.5. The van der Waals surface area contributed by atoms with Gasteiger partial charge in [0.15, 0.2) is 3.92 Å². The molecule has 0 fully saturated rings. The van der Waals surface area contributed by atoms with Crippen molar-refractivity contribution >= 4 is 44.1 Å². The minimum atomic E-state index is -0.340. The lowest BCUT2D eigenvalue weighted by molar-refractivity contribution is 0.262. The first kappa shape index (κ1) is 14.7. The summed E-state index contributed by atoms with van der Waals surface area (Å²) in [6, 6.07) is 11.1. The molecule has 3 rings (SSSR count). The van der Waals surface area contributed by atoms with Crippen LogP contribution in [0.1, 0.15) is 5.69 Å². The van der Waals surface area contributed by atoms with E-state index in [1.54, 1.807) is 10.9 Å². The number of nitrogens with zero attached hydrogens (tertiary/aromatic N) is 3. The van der Waals surface area contributed by atoms with E-state index in [9.17, 15) is 4.79 Å². The number of halogens is 1. The van der Waals surface area contributed by atoms with Gasteiger partial charge in [0, 0.05) is 6.07 Å². The van der Waals surface area contributed by atoms with Crippen molar-refractivity contribution in [2.24, 2.45) is 0 Å². The van der Waals surface area contributed by atoms with Crippen LogP contribution in [-0.2, 0) is 0 Å². The highest BCUT2D eigenvalue weighted by Gasteiger charge is 2.11. The molecule has 0 aliphatic carbocycles. The Morgan fingerprint density at radius 2 is 2.05 bits per heavy atom. The number of anilines is 2. The third kappa shape index (κ3) is 3.34. The average Bonchev–Trinajstić information content (AvgIpc) is 3.06. The van der Waals surface area contributed by atoms with Crippen LogP contribution in [0.3, 0.4) is 0 Å². The van der Waals surface area contributed by atoms with Crippen LogP contribution in [0.5, 0.6) is 0 Å². The number of benzene rings is 1. The van der Waals surface area contributed by atoms with E-state index >= 15 is 0 Å². The molecule has 2 aromatic heterocycles. The number of hydrogen-bond acceptors (Lipinski definition) is 4. The van der Waals surface area contributed by atoms with Crippen LogP contribution in [0.15, 0.2) is 46.5 Å². The number of carbonyl (C=O) groups excluding carboxylic acids is 1. The first-order chi connectivity index (χ1) is 10.6. The Kier molecular flexibility index (Phi) is 4.21. The van der Waals surface area contributed by atoms with Crippen molar-refractivity contribution in [3.63, 3.8) is 0 Å². The second kappa shape index (κ2) is 6.29. The summed E-state index contributed by atoms with van der Waals surface area (Å²) in [5.74, 6) is 0.602. The summed E-state index contributed by atoms with van der Waals surface area (Å²) < 4.78 is 2.41. The molecular weight excluding hydrogens is 366 g/mol. The summed E-state index contributed by atoms with van der Waals surface area (Å²) in [6.45, 7) is 1.88. The molecule has 2 N–H and O–H groups in total. The Morgan fingerprint density at radius 3 is 2.73 bits per heavy atom. The lowest BCUT2D eigenvalue weighted by Crippen LogP contribution is -2.20. The van der Waals surface area contributed by atoms with Crippen LogP contribution in [0, 0.1) is 6.92 Å². The Hall–Kier alpha value is -2.19. The summed E-state index contributed by atoms with van der Waals surface area (Å²) in [4.78, 5) is 16.1. The van der Waals surface area contributed by atoms with Crippen molar-refractivity contribution in [3.05, 3.63) is 52.2 Å². The molecule has 1 aromatic carbocycles. The van der Waals surface area contributed by atoms with Crippen molar-refractivity contribution in [1.29, 1.82) is 0 Å². The largest absolute Gasteiger partial charge is 0.325 e. The monoisotopic (exact) mass is 377 g/mol. The standard InChI is InChI=1S/C14H12BrN5OS/c1-9-7-11(20(19-9)10-5-3-2-4-6-10)17-14(21)18-12-8-16-13(15)22-12/h2-8H,1H3,(H2,17,18,21). The third-order valence-corrected chi connectivity index (χ3v) is 4.18. The number of aryl methyl sites for hydroxylation is 1. The molecule has 0 saturated heterocycles. The van der Waals surface area contributed by atoms with Crippen molar-refractivity contribution in [3.8, 4) is 5.69 Å². The zero-order valence-corrected chi connectivity index (χ0v) is 14.0. The van der Waals surface area contributed by atoms with E-state index in [0.29, 0.717) is 14.7 Å². The fraction of sp³-hybridized carbons (Fsp3) is 0.0714. The second-order valence-electron chi connectivity index (χ2n) is 4.47. The zero-order valence-electron chi connectivity index (χ0n) is 11.6. The molecule has 0 aliphatic rings. The molecule has 0 unspecified atom stereocenters. The molecular formula is C14H12BrN5OS. The van der Waals surface area contributed by atoms with Crippen molar-refractivity contribution in [2.75, 3.05) is 10.6 Å². The van der Waals surface area contributed by atoms with Crippen molar-refractivity contribution in [2.45, 2.75) is 6.92 Å². The average molecular weight is 378 g/mol. The molecule has 112 valence electrons. The van der Waals surface area contributed by atoms with Crippen LogP contribution in [-0.4, -0.2) is 20.8 Å². The van der Waals surface area contributed by atoms with Gasteiger partial charge >= 0.3 is 6.03 Å². The van der Waals surface area contributed by atoms with Crippen molar-refractivity contribution < 1.29 is 4.79 Å². The second-order valence-corrected chi connectivity index (χ2v) is 6.78. The summed E-state index contributed by atoms with van der Waals surface area (Å²) in [6.07, 6.45) is 1.59. The van der Waals surface area contributed by atoms with E-state index in [4.69, 9.17) is 0 Å². The molecule has 6 nitrogen and oxygen atoms in total. The Labute approximate surface area is 139 Å². The minimum Gasteiger partial charge on any atom is -0.298 e. The van der Waals surface area contributed by atoms with E-state index in [1.165, 1.54) is 11.3 Å². The van der Waals surface area contributed by atoms with Gasteiger partial charge in [-0.3, -0.25) is 10.6 Å². The number of nitrogens with one attached hydrogen (secondary N) is 2.